The molecule has 1 N–H and O–H groups in total. The molecule has 1 saturated carbocycles. The lowest BCUT2D eigenvalue weighted by Crippen LogP contribution is -2.55. The highest BCUT2D eigenvalue weighted by molar-refractivity contribution is 6.77. The van der Waals surface area contributed by atoms with Crippen molar-refractivity contribution in [2.24, 2.45) is 11.3 Å². The molecule has 194 valence electrons. The molecule has 0 spiro atoms. The quantitative estimate of drug-likeness (QED) is 0.225. The molecular weight excluding hydrogens is 424 g/mol. The van der Waals surface area contributed by atoms with E-state index in [9.17, 15) is 5.11 Å². The molecule has 1 fully saturated rings. The fourth-order valence-electron chi connectivity index (χ4n) is 7.66. The molecule has 0 saturated heterocycles. The fraction of sp³-hybridized carbons (Fsp3) is 0.931. The maximum Gasteiger partial charge on any atom is 0.200 e. The molecule has 0 amide bonds. The zero-order chi connectivity index (χ0) is 25.0. The summed E-state index contributed by atoms with van der Waals surface area (Å²) in [5, 5.41) is 9.98. The Morgan fingerprint density at radius 1 is 0.970 bits per heavy atom. The van der Waals surface area contributed by atoms with Gasteiger partial charge in [-0.3, -0.25) is 0 Å². The first-order valence-electron chi connectivity index (χ1n) is 14.2. The Labute approximate surface area is 207 Å². The van der Waals surface area contributed by atoms with E-state index in [1.807, 2.05) is 6.92 Å². The van der Waals surface area contributed by atoms with Crippen LogP contribution in [0, 0.1) is 11.3 Å². The summed E-state index contributed by atoms with van der Waals surface area (Å²) in [5.41, 5.74) is 3.43. The zero-order valence-electron chi connectivity index (χ0n) is 23.6. The Hall–Kier alpha value is -0.163. The lowest BCUT2D eigenvalue weighted by atomic mass is 9.74. The molecule has 0 aliphatic heterocycles. The molecule has 33 heavy (non-hydrogen) atoms. The van der Waals surface area contributed by atoms with Gasteiger partial charge in [0.2, 0.25) is 8.32 Å². The summed E-state index contributed by atoms with van der Waals surface area (Å²) in [4.78, 5) is 0. The van der Waals surface area contributed by atoms with Crippen molar-refractivity contribution in [3.05, 3.63) is 11.6 Å². The molecule has 0 unspecified atom stereocenters. The average Bonchev–Trinajstić information content (AvgIpc) is 3.03. The van der Waals surface area contributed by atoms with E-state index in [4.69, 9.17) is 9.16 Å². The second-order valence-corrected chi connectivity index (χ2v) is 17.6. The third-order valence-electron chi connectivity index (χ3n) is 9.27. The average molecular weight is 481 g/mol. The largest absolute Gasteiger partial charge is 0.412 e. The minimum absolute atomic E-state index is 0.0346. The van der Waals surface area contributed by atoms with Gasteiger partial charge >= 0.3 is 0 Å². The number of aliphatic hydroxyl groups is 1. The summed E-state index contributed by atoms with van der Waals surface area (Å²) >= 11 is 0. The van der Waals surface area contributed by atoms with E-state index in [2.05, 4.69) is 68.4 Å². The Balaban J connectivity index is 2.55. The van der Waals surface area contributed by atoms with Crippen LogP contribution in [0.3, 0.4) is 0 Å². The Morgan fingerprint density at radius 2 is 1.55 bits per heavy atom. The third-order valence-corrected chi connectivity index (χ3v) is 15.3. The number of aliphatic hydroxyl groups excluding tert-OH is 1. The maximum atomic E-state index is 9.98. The van der Waals surface area contributed by atoms with Crippen LogP contribution in [0.4, 0.5) is 0 Å². The Kier molecular flexibility index (Phi) is 10.7. The second kappa shape index (κ2) is 12.2. The van der Waals surface area contributed by atoms with Crippen molar-refractivity contribution >= 4 is 8.32 Å². The third kappa shape index (κ3) is 5.98. The van der Waals surface area contributed by atoms with Crippen LogP contribution in [0.2, 0.25) is 16.6 Å². The zero-order valence-corrected chi connectivity index (χ0v) is 24.6. The normalized spacial score (nSPS) is 27.9. The van der Waals surface area contributed by atoms with Crippen LogP contribution in [-0.2, 0) is 9.16 Å². The SMILES string of the molecule is CCC1(CC)[C@@H](O[C@H](C)C[C@H](C)O)C[C@H](C2=CCCCC2)[C@H]1O[Si](C(C)C)(C(C)C)C(C)C. The highest BCUT2D eigenvalue weighted by Crippen LogP contribution is 2.57. The fourth-order valence-corrected chi connectivity index (χ4v) is 13.3. The summed E-state index contributed by atoms with van der Waals surface area (Å²) < 4.78 is 14.5. The monoisotopic (exact) mass is 480 g/mol. The lowest BCUT2D eigenvalue weighted by molar-refractivity contribution is -0.101. The van der Waals surface area contributed by atoms with Crippen LogP contribution in [0.25, 0.3) is 0 Å². The van der Waals surface area contributed by atoms with Gasteiger partial charge in [-0.25, -0.2) is 0 Å². The van der Waals surface area contributed by atoms with Crippen LogP contribution in [0.15, 0.2) is 11.6 Å². The summed E-state index contributed by atoms with van der Waals surface area (Å²) in [6.07, 6.45) is 11.7. The summed E-state index contributed by atoms with van der Waals surface area (Å²) in [6.45, 7) is 23.2. The number of rotatable bonds is 12. The van der Waals surface area contributed by atoms with Crippen molar-refractivity contribution < 1.29 is 14.3 Å². The Morgan fingerprint density at radius 3 is 1.97 bits per heavy atom. The van der Waals surface area contributed by atoms with Gasteiger partial charge < -0.3 is 14.3 Å². The molecule has 2 aliphatic rings. The molecule has 0 heterocycles. The summed E-state index contributed by atoms with van der Waals surface area (Å²) in [7, 11) is -2.04. The van der Waals surface area contributed by atoms with Crippen molar-refractivity contribution in [1.82, 2.24) is 0 Å². The molecule has 2 aliphatic carbocycles. The van der Waals surface area contributed by atoms with Crippen molar-refractivity contribution in [2.45, 2.75) is 162 Å². The van der Waals surface area contributed by atoms with E-state index in [0.717, 1.165) is 19.3 Å². The van der Waals surface area contributed by atoms with E-state index >= 15 is 0 Å². The van der Waals surface area contributed by atoms with Gasteiger partial charge in [0.1, 0.15) is 0 Å². The molecule has 0 aromatic heterocycles. The van der Waals surface area contributed by atoms with E-state index in [-0.39, 0.29) is 29.8 Å². The van der Waals surface area contributed by atoms with E-state index in [0.29, 0.717) is 29.0 Å². The van der Waals surface area contributed by atoms with E-state index < -0.39 is 8.32 Å². The summed E-state index contributed by atoms with van der Waals surface area (Å²) in [5.74, 6) is 0.470. The predicted octanol–water partition coefficient (Wildman–Crippen LogP) is 8.42. The molecule has 2 rings (SSSR count). The van der Waals surface area contributed by atoms with Crippen LogP contribution < -0.4 is 0 Å². The van der Waals surface area contributed by atoms with Gasteiger partial charge in [-0.2, -0.15) is 0 Å². The molecular formula is C29H56O3Si. The first kappa shape index (κ1) is 29.1. The van der Waals surface area contributed by atoms with Crippen molar-refractivity contribution in [1.29, 1.82) is 0 Å². The summed E-state index contributed by atoms with van der Waals surface area (Å²) in [6, 6.07) is 0. The molecule has 0 radical (unpaired) electrons. The minimum Gasteiger partial charge on any atom is -0.412 e. The van der Waals surface area contributed by atoms with Crippen LogP contribution in [-0.4, -0.2) is 37.8 Å². The molecule has 4 heteroatoms. The van der Waals surface area contributed by atoms with Crippen LogP contribution in [0.5, 0.6) is 0 Å². The molecule has 0 bridgehead atoms. The minimum atomic E-state index is -2.04. The van der Waals surface area contributed by atoms with Crippen molar-refractivity contribution in [3.8, 4) is 0 Å². The number of ether oxygens (including phenoxy) is 1. The van der Waals surface area contributed by atoms with E-state index in [1.54, 1.807) is 5.57 Å². The van der Waals surface area contributed by atoms with Gasteiger partial charge in [0.15, 0.2) is 0 Å². The Bertz CT molecular complexity index is 599. The standard InChI is InChI=1S/C29H56O3Si/c1-11-29(12-2)27(31-24(10)18-23(9)30)19-26(25-16-14-13-15-17-25)28(29)32-33(20(3)4,21(5)6)22(7)8/h16,20-24,26-28,30H,11-15,17-19H2,1-10H3/t23-,24+,26+,27-,28+/m0/s1. The number of hydrogen-bond donors (Lipinski definition) is 1. The van der Waals surface area contributed by atoms with Crippen molar-refractivity contribution in [3.63, 3.8) is 0 Å². The predicted molar refractivity (Wildman–Crippen MR) is 144 cm³/mol. The smallest absolute Gasteiger partial charge is 0.200 e. The van der Waals surface area contributed by atoms with Gasteiger partial charge in [0.05, 0.1) is 24.4 Å². The maximum absolute atomic E-state index is 9.98. The number of hydrogen-bond acceptors (Lipinski definition) is 3. The topological polar surface area (TPSA) is 38.7 Å². The lowest BCUT2D eigenvalue weighted by Gasteiger charge is -2.50. The first-order chi connectivity index (χ1) is 15.5. The van der Waals surface area contributed by atoms with Gasteiger partial charge in [0.25, 0.3) is 0 Å². The highest BCUT2D eigenvalue weighted by Gasteiger charge is 2.59. The molecule has 5 atom stereocenters. The van der Waals surface area contributed by atoms with Crippen molar-refractivity contribution in [2.75, 3.05) is 0 Å². The molecule has 3 nitrogen and oxygen atoms in total. The second-order valence-electron chi connectivity index (χ2n) is 12.2. The highest BCUT2D eigenvalue weighted by atomic mass is 28.4. The van der Waals surface area contributed by atoms with Gasteiger partial charge in [-0.15, -0.1) is 0 Å². The number of allylic oxidation sites excluding steroid dienone is 1. The van der Waals surface area contributed by atoms with Crippen LogP contribution in [0.1, 0.15) is 121 Å². The van der Waals surface area contributed by atoms with Gasteiger partial charge in [-0.1, -0.05) is 67.0 Å². The van der Waals surface area contributed by atoms with Gasteiger partial charge in [0, 0.05) is 11.3 Å². The van der Waals surface area contributed by atoms with E-state index in [1.165, 1.54) is 25.7 Å². The van der Waals surface area contributed by atoms with Crippen LogP contribution >= 0.6 is 0 Å². The molecule has 0 aromatic carbocycles. The van der Waals surface area contributed by atoms with Gasteiger partial charge in [-0.05, 0) is 81.8 Å². The first-order valence-corrected chi connectivity index (χ1v) is 16.3. The molecule has 0 aromatic rings.